The van der Waals surface area contributed by atoms with Crippen LogP contribution in [0.3, 0.4) is 0 Å². The van der Waals surface area contributed by atoms with Gasteiger partial charge in [-0.1, -0.05) is 67.6 Å². The number of hydrogen-bond donors (Lipinski definition) is 1. The molecule has 3 atom stereocenters. The van der Waals surface area contributed by atoms with Crippen LogP contribution in [-0.4, -0.2) is 4.98 Å². The number of allylic oxidation sites excluding steroid dienone is 2. The molecule has 0 amide bonds. The van der Waals surface area contributed by atoms with Crippen molar-refractivity contribution in [1.29, 1.82) is 0 Å². The largest absolute Gasteiger partial charge is 0.456 e. The van der Waals surface area contributed by atoms with Gasteiger partial charge in [0.25, 0.3) is 0 Å². The second-order valence-corrected chi connectivity index (χ2v) is 10.2. The minimum absolute atomic E-state index is 0.0730. The highest BCUT2D eigenvalue weighted by atomic mass is 16.3. The zero-order valence-corrected chi connectivity index (χ0v) is 19.4. The fraction of sp³-hybridized carbons (Fsp3) is 0.194. The normalized spacial score (nSPS) is 23.6. The monoisotopic (exact) mass is 442 g/mol. The van der Waals surface area contributed by atoms with Gasteiger partial charge in [-0.2, -0.15) is 0 Å². The van der Waals surface area contributed by atoms with E-state index >= 15 is 0 Å². The number of rotatable bonds is 4. The third-order valence-electron chi connectivity index (χ3n) is 8.12. The Labute approximate surface area is 198 Å². The van der Waals surface area contributed by atoms with Gasteiger partial charge in [-0.3, -0.25) is 4.98 Å². The molecule has 0 bridgehead atoms. The molecule has 166 valence electrons. The number of aryl methyl sites for hydroxylation is 1. The van der Waals surface area contributed by atoms with Gasteiger partial charge in [0.15, 0.2) is 0 Å². The Morgan fingerprint density at radius 3 is 2.44 bits per heavy atom. The van der Waals surface area contributed by atoms with E-state index in [-0.39, 0.29) is 16.9 Å². The summed E-state index contributed by atoms with van der Waals surface area (Å²) < 4.78 is 6.28. The summed E-state index contributed by atoms with van der Waals surface area (Å²) in [6, 6.07) is 25.1. The number of furan rings is 1. The average Bonchev–Trinajstić information content (AvgIpc) is 3.14. The Morgan fingerprint density at radius 1 is 0.882 bits per heavy atom. The molecule has 2 aromatic heterocycles. The number of aromatic nitrogens is 1. The molecule has 1 fully saturated rings. The second-order valence-electron chi connectivity index (χ2n) is 10.2. The number of para-hydroxylation sites is 1. The molecule has 0 saturated heterocycles. The lowest BCUT2D eigenvalue weighted by Gasteiger charge is -2.30. The average molecular weight is 443 g/mol. The van der Waals surface area contributed by atoms with Crippen molar-refractivity contribution in [3.05, 3.63) is 113 Å². The highest BCUT2D eigenvalue weighted by molar-refractivity contribution is 6.05. The summed E-state index contributed by atoms with van der Waals surface area (Å²) in [6.07, 6.45) is 7.78. The molecule has 2 N–H and O–H groups in total. The third kappa shape index (κ3) is 2.59. The summed E-state index contributed by atoms with van der Waals surface area (Å²) in [5, 5.41) is 2.32. The fourth-order valence-electron chi connectivity index (χ4n) is 5.94. The number of fused-ring (bicyclic) bond motifs is 4. The molecule has 1 unspecified atom stereocenters. The van der Waals surface area contributed by atoms with Gasteiger partial charge < -0.3 is 10.2 Å². The van der Waals surface area contributed by atoms with Crippen LogP contribution in [0.1, 0.15) is 41.6 Å². The number of nitrogens with zero attached hydrogens (tertiary/aromatic N) is 1. The van der Waals surface area contributed by atoms with E-state index in [2.05, 4.69) is 86.7 Å². The van der Waals surface area contributed by atoms with Gasteiger partial charge in [0.2, 0.25) is 0 Å². The summed E-state index contributed by atoms with van der Waals surface area (Å²) in [4.78, 5) is 4.70. The molecule has 0 spiro atoms. The van der Waals surface area contributed by atoms with Crippen molar-refractivity contribution < 1.29 is 4.42 Å². The number of nitrogens with two attached hydrogens (primary N) is 1. The maximum absolute atomic E-state index is 7.11. The Kier molecular flexibility index (Phi) is 3.88. The van der Waals surface area contributed by atoms with E-state index in [1.165, 1.54) is 10.9 Å². The first-order valence-electron chi connectivity index (χ1n) is 11.9. The zero-order chi connectivity index (χ0) is 23.1. The molecule has 34 heavy (non-hydrogen) atoms. The Hall–Kier alpha value is -3.69. The predicted octanol–water partition coefficient (Wildman–Crippen LogP) is 7.22. The predicted molar refractivity (Wildman–Crippen MR) is 138 cm³/mol. The Balaban J connectivity index is 1.45. The van der Waals surface area contributed by atoms with Crippen molar-refractivity contribution in [3.8, 4) is 11.3 Å². The van der Waals surface area contributed by atoms with E-state index < -0.39 is 0 Å². The summed E-state index contributed by atoms with van der Waals surface area (Å²) in [6.45, 7) is 4.41. The standard InChI is InChI=1S/C31H26N2O/c1-19-11-12-26(33-17-19)20-7-3-4-9-22(20)29(32)24-16-28-23(21-8-5-6-10-27(21)34-28)15-25(24)31-14-13-30(31,2)18-31/h3-17,29H,18,32H2,1-2H3/t29-,30?,31+/m0/s1. The van der Waals surface area contributed by atoms with Crippen LogP contribution in [0, 0.1) is 12.3 Å². The summed E-state index contributed by atoms with van der Waals surface area (Å²) >= 11 is 0. The molecule has 2 aliphatic rings. The van der Waals surface area contributed by atoms with Gasteiger partial charge in [-0.05, 0) is 65.3 Å². The molecule has 3 heteroatoms. The number of hydrogen-bond acceptors (Lipinski definition) is 3. The van der Waals surface area contributed by atoms with E-state index in [0.717, 1.165) is 50.9 Å². The van der Waals surface area contributed by atoms with Gasteiger partial charge in [0.1, 0.15) is 11.2 Å². The van der Waals surface area contributed by atoms with E-state index in [4.69, 9.17) is 15.1 Å². The van der Waals surface area contributed by atoms with E-state index in [1.54, 1.807) is 0 Å². The second kappa shape index (κ2) is 6.68. The molecule has 1 saturated carbocycles. The van der Waals surface area contributed by atoms with Crippen LogP contribution >= 0.6 is 0 Å². The Bertz CT molecular complexity index is 1630. The van der Waals surface area contributed by atoms with Crippen molar-refractivity contribution >= 4 is 21.9 Å². The summed E-state index contributed by atoms with van der Waals surface area (Å²) in [5.41, 5.74) is 15.9. The number of pyridine rings is 1. The van der Waals surface area contributed by atoms with Crippen LogP contribution in [0.4, 0.5) is 0 Å². The van der Waals surface area contributed by atoms with Crippen molar-refractivity contribution in [2.75, 3.05) is 0 Å². The number of benzene rings is 3. The SMILES string of the molecule is Cc1ccc(-c2ccccc2[C@H](N)c2cc3oc4ccccc4c3cc2[C@]23C=CC2(C)C3)nc1. The molecule has 3 aromatic carbocycles. The minimum atomic E-state index is -0.292. The van der Waals surface area contributed by atoms with Gasteiger partial charge in [0, 0.05) is 27.9 Å². The molecule has 5 aromatic rings. The quantitative estimate of drug-likeness (QED) is 0.299. The maximum Gasteiger partial charge on any atom is 0.135 e. The van der Waals surface area contributed by atoms with Crippen molar-refractivity contribution in [2.24, 2.45) is 11.1 Å². The highest BCUT2D eigenvalue weighted by Gasteiger charge is 2.68. The van der Waals surface area contributed by atoms with Crippen molar-refractivity contribution in [1.82, 2.24) is 4.98 Å². The van der Waals surface area contributed by atoms with E-state index in [1.807, 2.05) is 18.3 Å². The molecule has 2 aliphatic carbocycles. The molecule has 0 radical (unpaired) electrons. The molecule has 2 heterocycles. The van der Waals surface area contributed by atoms with Crippen molar-refractivity contribution in [3.63, 3.8) is 0 Å². The van der Waals surface area contributed by atoms with Crippen LogP contribution in [0.2, 0.25) is 0 Å². The summed E-state index contributed by atoms with van der Waals surface area (Å²) in [5.74, 6) is 0. The van der Waals surface area contributed by atoms with Crippen LogP contribution in [0.25, 0.3) is 33.2 Å². The van der Waals surface area contributed by atoms with Gasteiger partial charge in [-0.25, -0.2) is 0 Å². The molecule has 3 nitrogen and oxygen atoms in total. The van der Waals surface area contributed by atoms with E-state index in [9.17, 15) is 0 Å². The topological polar surface area (TPSA) is 52.0 Å². The molecule has 0 aliphatic heterocycles. The Morgan fingerprint density at radius 2 is 1.71 bits per heavy atom. The first-order chi connectivity index (χ1) is 16.5. The highest BCUT2D eigenvalue weighted by Crippen LogP contribution is 2.73. The smallest absolute Gasteiger partial charge is 0.135 e. The minimum Gasteiger partial charge on any atom is -0.456 e. The van der Waals surface area contributed by atoms with Crippen molar-refractivity contribution in [2.45, 2.75) is 31.7 Å². The van der Waals surface area contributed by atoms with Crippen LogP contribution < -0.4 is 5.73 Å². The first-order valence-corrected chi connectivity index (χ1v) is 11.9. The lowest BCUT2D eigenvalue weighted by atomic mass is 9.74. The fourth-order valence-corrected chi connectivity index (χ4v) is 5.94. The molecule has 7 rings (SSSR count). The summed E-state index contributed by atoms with van der Waals surface area (Å²) in [7, 11) is 0. The molecular weight excluding hydrogens is 416 g/mol. The van der Waals surface area contributed by atoms with Crippen LogP contribution in [0.5, 0.6) is 0 Å². The molecular formula is C31H26N2O. The third-order valence-corrected chi connectivity index (χ3v) is 8.12. The first kappa shape index (κ1) is 19.7. The van der Waals surface area contributed by atoms with E-state index in [0.29, 0.717) is 0 Å². The van der Waals surface area contributed by atoms with Gasteiger partial charge in [-0.15, -0.1) is 0 Å². The van der Waals surface area contributed by atoms with Crippen LogP contribution in [0.15, 0.2) is 95.6 Å². The van der Waals surface area contributed by atoms with Crippen LogP contribution in [-0.2, 0) is 5.41 Å². The van der Waals surface area contributed by atoms with Gasteiger partial charge >= 0.3 is 0 Å². The zero-order valence-electron chi connectivity index (χ0n) is 19.4. The lowest BCUT2D eigenvalue weighted by Crippen LogP contribution is -2.24. The maximum atomic E-state index is 7.11. The van der Waals surface area contributed by atoms with Gasteiger partial charge in [0.05, 0.1) is 11.7 Å². The lowest BCUT2D eigenvalue weighted by molar-refractivity contribution is 0.570.